The predicted molar refractivity (Wildman–Crippen MR) is 78.8 cm³/mol. The summed E-state index contributed by atoms with van der Waals surface area (Å²) in [6.07, 6.45) is 4.48. The van der Waals surface area contributed by atoms with Crippen LogP contribution in [0.1, 0.15) is 10.4 Å². The van der Waals surface area contributed by atoms with Gasteiger partial charge in [-0.15, -0.1) is 11.3 Å². The molecule has 0 atom stereocenters. The van der Waals surface area contributed by atoms with Gasteiger partial charge in [-0.2, -0.15) is 0 Å². The van der Waals surface area contributed by atoms with Crippen molar-refractivity contribution in [3.05, 3.63) is 51.6 Å². The highest BCUT2D eigenvalue weighted by Crippen LogP contribution is 2.24. The van der Waals surface area contributed by atoms with E-state index < -0.39 is 0 Å². The molecule has 0 aliphatic heterocycles. The predicted octanol–water partition coefficient (Wildman–Crippen LogP) is 3.63. The molecular weight excluding hydrogens is 310 g/mol. The summed E-state index contributed by atoms with van der Waals surface area (Å²) < 4.78 is 0.995. The van der Waals surface area contributed by atoms with Crippen LogP contribution in [0, 0.1) is 0 Å². The average Bonchev–Trinajstić information content (AvgIpc) is 2.75. The summed E-state index contributed by atoms with van der Waals surface area (Å²) in [5.41, 5.74) is 7.88. The molecule has 3 aromatic rings. The van der Waals surface area contributed by atoms with Gasteiger partial charge in [-0.25, -0.2) is 4.98 Å². The van der Waals surface area contributed by atoms with Crippen molar-refractivity contribution in [3.8, 4) is 0 Å². The first-order chi connectivity index (χ1) is 8.72. The lowest BCUT2D eigenvalue weighted by Crippen LogP contribution is -1.89. The molecule has 0 aliphatic rings. The Morgan fingerprint density at radius 3 is 2.89 bits per heavy atom. The number of rotatable bonds is 2. The molecule has 0 saturated heterocycles. The van der Waals surface area contributed by atoms with E-state index in [1.165, 1.54) is 16.9 Å². The van der Waals surface area contributed by atoms with Gasteiger partial charge in [-0.3, -0.25) is 4.98 Å². The first-order valence-electron chi connectivity index (χ1n) is 5.46. The van der Waals surface area contributed by atoms with Gasteiger partial charge in [0.2, 0.25) is 0 Å². The number of fused-ring (bicyclic) bond motifs is 1. The van der Waals surface area contributed by atoms with Crippen LogP contribution in [0.5, 0.6) is 0 Å². The Morgan fingerprint density at radius 2 is 2.11 bits per heavy atom. The Labute approximate surface area is 117 Å². The number of para-hydroxylation sites is 1. The fraction of sp³-hybridized carbons (Fsp3) is 0.0769. The third-order valence-electron chi connectivity index (χ3n) is 2.70. The molecule has 2 heterocycles. The summed E-state index contributed by atoms with van der Waals surface area (Å²) in [5, 5.41) is 1.75. The Bertz CT molecular complexity index is 708. The van der Waals surface area contributed by atoms with Crippen molar-refractivity contribution >= 4 is 43.3 Å². The third-order valence-corrected chi connectivity index (χ3v) is 3.96. The largest absolute Gasteiger partial charge is 0.375 e. The van der Waals surface area contributed by atoms with Gasteiger partial charge in [0.25, 0.3) is 0 Å². The van der Waals surface area contributed by atoms with Crippen molar-refractivity contribution in [2.75, 3.05) is 5.73 Å². The van der Waals surface area contributed by atoms with Crippen LogP contribution < -0.4 is 5.73 Å². The lowest BCUT2D eigenvalue weighted by molar-refractivity contribution is 1.21. The molecule has 1 aromatic carbocycles. The first-order valence-corrected chi connectivity index (χ1v) is 7.06. The summed E-state index contributed by atoms with van der Waals surface area (Å²) >= 11 is 4.96. The zero-order valence-corrected chi connectivity index (χ0v) is 11.8. The van der Waals surface area contributed by atoms with Crippen molar-refractivity contribution in [2.24, 2.45) is 0 Å². The zero-order valence-electron chi connectivity index (χ0n) is 9.43. The monoisotopic (exact) mass is 319 g/mol. The molecule has 0 bridgehead atoms. The topological polar surface area (TPSA) is 51.8 Å². The highest BCUT2D eigenvalue weighted by Gasteiger charge is 2.06. The maximum Gasteiger partial charge on any atom is 0.180 e. The summed E-state index contributed by atoms with van der Waals surface area (Å²) in [6, 6.07) is 8.29. The molecule has 0 fully saturated rings. The van der Waals surface area contributed by atoms with Crippen LogP contribution >= 0.6 is 27.3 Å². The van der Waals surface area contributed by atoms with Crippen LogP contribution in [0.4, 0.5) is 5.13 Å². The van der Waals surface area contributed by atoms with Crippen molar-refractivity contribution in [1.82, 2.24) is 9.97 Å². The molecular formula is C13H10BrN3S. The van der Waals surface area contributed by atoms with Gasteiger partial charge >= 0.3 is 0 Å². The van der Waals surface area contributed by atoms with E-state index in [4.69, 9.17) is 5.73 Å². The van der Waals surface area contributed by atoms with Gasteiger partial charge < -0.3 is 5.73 Å². The highest BCUT2D eigenvalue weighted by molar-refractivity contribution is 9.10. The summed E-state index contributed by atoms with van der Waals surface area (Å²) in [5.74, 6) is 0. The van der Waals surface area contributed by atoms with Crippen LogP contribution in [0.25, 0.3) is 10.9 Å². The van der Waals surface area contributed by atoms with Crippen molar-refractivity contribution in [3.63, 3.8) is 0 Å². The number of halogens is 1. The van der Waals surface area contributed by atoms with Gasteiger partial charge in [-0.1, -0.05) is 18.2 Å². The highest BCUT2D eigenvalue weighted by atomic mass is 79.9. The SMILES string of the molecule is Nc1ncc(Cc2cccc3cc(Br)cnc23)s1. The molecule has 0 aliphatic carbocycles. The standard InChI is InChI=1S/C13H10BrN3S/c14-10-4-8-2-1-3-9(12(8)16-6-10)5-11-7-17-13(15)18-11/h1-4,6-7H,5H2,(H2,15,17). The fourth-order valence-corrected chi connectivity index (χ4v) is 2.99. The minimum Gasteiger partial charge on any atom is -0.375 e. The first kappa shape index (κ1) is 11.6. The lowest BCUT2D eigenvalue weighted by atomic mass is 10.1. The molecule has 3 rings (SSSR count). The summed E-state index contributed by atoms with van der Waals surface area (Å²) in [4.78, 5) is 9.72. The normalized spacial score (nSPS) is 10.9. The molecule has 90 valence electrons. The fourth-order valence-electron chi connectivity index (χ4n) is 1.93. The number of benzene rings is 1. The number of hydrogen-bond donors (Lipinski definition) is 1. The Morgan fingerprint density at radius 1 is 1.22 bits per heavy atom. The number of thiazole rings is 1. The van der Waals surface area contributed by atoms with Gasteiger partial charge in [-0.05, 0) is 27.6 Å². The second-order valence-corrected chi connectivity index (χ2v) is 6.05. The quantitative estimate of drug-likeness (QED) is 0.784. The lowest BCUT2D eigenvalue weighted by Gasteiger charge is -2.04. The van der Waals surface area contributed by atoms with E-state index in [0.717, 1.165) is 26.7 Å². The van der Waals surface area contributed by atoms with E-state index in [1.54, 1.807) is 0 Å². The number of pyridine rings is 1. The summed E-state index contributed by atoms with van der Waals surface area (Å²) in [7, 11) is 0. The van der Waals surface area contributed by atoms with E-state index in [2.05, 4.69) is 50.2 Å². The van der Waals surface area contributed by atoms with E-state index >= 15 is 0 Å². The van der Waals surface area contributed by atoms with E-state index in [-0.39, 0.29) is 0 Å². The van der Waals surface area contributed by atoms with Crippen LogP contribution in [0.15, 0.2) is 41.1 Å². The molecule has 0 saturated carbocycles. The van der Waals surface area contributed by atoms with Crippen LogP contribution in [-0.2, 0) is 6.42 Å². The van der Waals surface area contributed by atoms with Gasteiger partial charge in [0.1, 0.15) is 0 Å². The Hall–Kier alpha value is -1.46. The number of nitrogen functional groups attached to an aromatic ring is 1. The molecule has 2 N–H and O–H groups in total. The number of hydrogen-bond acceptors (Lipinski definition) is 4. The molecule has 0 amide bonds. The minimum absolute atomic E-state index is 0.612. The maximum absolute atomic E-state index is 5.65. The molecule has 0 radical (unpaired) electrons. The molecule has 5 heteroatoms. The number of anilines is 1. The number of aromatic nitrogens is 2. The molecule has 2 aromatic heterocycles. The third kappa shape index (κ3) is 2.23. The van der Waals surface area contributed by atoms with E-state index in [9.17, 15) is 0 Å². The van der Waals surface area contributed by atoms with Crippen LogP contribution in [-0.4, -0.2) is 9.97 Å². The van der Waals surface area contributed by atoms with Crippen molar-refractivity contribution in [1.29, 1.82) is 0 Å². The Balaban J connectivity index is 2.06. The van der Waals surface area contributed by atoms with Gasteiger partial charge in [0, 0.05) is 33.6 Å². The average molecular weight is 320 g/mol. The smallest absolute Gasteiger partial charge is 0.180 e. The second kappa shape index (κ2) is 4.66. The summed E-state index contributed by atoms with van der Waals surface area (Å²) in [6.45, 7) is 0. The number of nitrogens with zero attached hydrogens (tertiary/aromatic N) is 2. The molecule has 0 unspecified atom stereocenters. The maximum atomic E-state index is 5.65. The minimum atomic E-state index is 0.612. The van der Waals surface area contributed by atoms with Crippen molar-refractivity contribution in [2.45, 2.75) is 6.42 Å². The van der Waals surface area contributed by atoms with Crippen molar-refractivity contribution < 1.29 is 0 Å². The molecule has 0 spiro atoms. The number of nitrogens with two attached hydrogens (primary N) is 1. The van der Waals surface area contributed by atoms with Gasteiger partial charge in [0.05, 0.1) is 5.52 Å². The second-order valence-electron chi connectivity index (χ2n) is 3.98. The molecule has 3 nitrogen and oxygen atoms in total. The van der Waals surface area contributed by atoms with E-state index in [1.807, 2.05) is 12.4 Å². The van der Waals surface area contributed by atoms with E-state index in [0.29, 0.717) is 5.13 Å². The molecule has 18 heavy (non-hydrogen) atoms. The van der Waals surface area contributed by atoms with Gasteiger partial charge in [0.15, 0.2) is 5.13 Å². The Kier molecular flexibility index (Phi) is 3.01. The zero-order chi connectivity index (χ0) is 12.5. The van der Waals surface area contributed by atoms with Crippen LogP contribution in [0.2, 0.25) is 0 Å². The van der Waals surface area contributed by atoms with Crippen LogP contribution in [0.3, 0.4) is 0 Å².